The number of carboxylic acids is 1. The normalized spacial score (nSPS) is 16.0. The molecule has 0 saturated heterocycles. The van der Waals surface area contributed by atoms with Gasteiger partial charge < -0.3 is 9.90 Å². The van der Waals surface area contributed by atoms with E-state index < -0.39 is 83.9 Å². The van der Waals surface area contributed by atoms with Gasteiger partial charge in [-0.05, 0) is 12.0 Å². The molecule has 0 aliphatic heterocycles. The summed E-state index contributed by atoms with van der Waals surface area (Å²) in [4.78, 5) is 10.2. The molecule has 0 radical (unpaired) electrons. The second-order valence-electron chi connectivity index (χ2n) is 7.19. The van der Waals surface area contributed by atoms with Crippen molar-refractivity contribution in [1.29, 1.82) is 0 Å². The first-order valence-electron chi connectivity index (χ1n) is 8.44. The number of carbonyl (C=O) groups is 1. The number of hydrogen-bond acceptors (Lipinski definition) is 2. The summed E-state index contributed by atoms with van der Waals surface area (Å²) in [6, 6.07) is 0. The standard InChI is InChI=1S/C15H7F21O2/c1-4(5(37)38)2-3-6(16,17)7(18,19)8(20,21)9(22,23)10(24,25)11(26,27)12(28,29)13(30,31)14(32,33)15(34,35)36/h1-3H2,(H,37,38)/p-1. The monoisotopic (exact) mass is 617 g/mol. The van der Waals surface area contributed by atoms with Crippen LogP contribution in [0.25, 0.3) is 0 Å². The summed E-state index contributed by atoms with van der Waals surface area (Å²) in [6.07, 6.45) is -13.2. The average Bonchev–Trinajstić information content (AvgIpc) is 2.69. The van der Waals surface area contributed by atoms with Gasteiger partial charge in [0.2, 0.25) is 0 Å². The fourth-order valence-corrected chi connectivity index (χ4v) is 2.16. The highest BCUT2D eigenvalue weighted by atomic mass is 19.4. The van der Waals surface area contributed by atoms with Crippen LogP contribution in [0.4, 0.5) is 92.2 Å². The smallest absolute Gasteiger partial charge is 0.460 e. The van der Waals surface area contributed by atoms with E-state index in [1.54, 1.807) is 0 Å². The number of rotatable bonds is 12. The van der Waals surface area contributed by atoms with E-state index in [9.17, 15) is 102 Å². The van der Waals surface area contributed by atoms with E-state index in [1.165, 1.54) is 0 Å². The molecule has 0 bridgehead atoms. The van der Waals surface area contributed by atoms with E-state index in [2.05, 4.69) is 6.58 Å². The van der Waals surface area contributed by atoms with E-state index in [4.69, 9.17) is 0 Å². The van der Waals surface area contributed by atoms with Crippen LogP contribution in [0.3, 0.4) is 0 Å². The van der Waals surface area contributed by atoms with Crippen LogP contribution >= 0.6 is 0 Å². The van der Waals surface area contributed by atoms with Crippen molar-refractivity contribution in [3.05, 3.63) is 12.2 Å². The Morgan fingerprint density at radius 2 is 0.711 bits per heavy atom. The minimum atomic E-state index is -9.24. The maximum atomic E-state index is 13.6. The molecule has 226 valence electrons. The fourth-order valence-electron chi connectivity index (χ4n) is 2.16. The van der Waals surface area contributed by atoms with Crippen molar-refractivity contribution in [2.24, 2.45) is 0 Å². The summed E-state index contributed by atoms with van der Waals surface area (Å²) in [5.74, 6) is -80.3. The molecule has 0 saturated carbocycles. The van der Waals surface area contributed by atoms with Crippen LogP contribution in [0, 0.1) is 0 Å². The van der Waals surface area contributed by atoms with E-state index in [1.807, 2.05) is 0 Å². The van der Waals surface area contributed by atoms with Crippen LogP contribution in [-0.4, -0.2) is 65.4 Å². The van der Waals surface area contributed by atoms with E-state index in [0.717, 1.165) is 0 Å². The summed E-state index contributed by atoms with van der Waals surface area (Å²) in [7, 11) is 0. The molecule has 0 unspecified atom stereocenters. The molecule has 2 nitrogen and oxygen atoms in total. The lowest BCUT2D eigenvalue weighted by Gasteiger charge is -2.44. The maximum Gasteiger partial charge on any atom is 0.460 e. The van der Waals surface area contributed by atoms with Crippen molar-refractivity contribution < 1.29 is 102 Å². The van der Waals surface area contributed by atoms with Crippen LogP contribution in [0.1, 0.15) is 12.8 Å². The van der Waals surface area contributed by atoms with Gasteiger partial charge in [-0.2, -0.15) is 92.2 Å². The van der Waals surface area contributed by atoms with E-state index in [0.29, 0.717) is 0 Å². The maximum absolute atomic E-state index is 13.6. The van der Waals surface area contributed by atoms with Crippen molar-refractivity contribution in [3.63, 3.8) is 0 Å². The minimum absolute atomic E-state index is 1.67. The van der Waals surface area contributed by atoms with Crippen molar-refractivity contribution in [1.82, 2.24) is 0 Å². The Labute approximate surface area is 194 Å². The molecule has 0 N–H and O–H groups in total. The van der Waals surface area contributed by atoms with Gasteiger partial charge in [0, 0.05) is 6.42 Å². The molecule has 0 atom stereocenters. The van der Waals surface area contributed by atoms with Crippen LogP contribution in [-0.2, 0) is 4.79 Å². The Hall–Kier alpha value is -2.26. The predicted molar refractivity (Wildman–Crippen MR) is 74.0 cm³/mol. The molecule has 0 rings (SSSR count). The van der Waals surface area contributed by atoms with Gasteiger partial charge >= 0.3 is 59.5 Å². The Balaban J connectivity index is 6.92. The van der Waals surface area contributed by atoms with Crippen molar-refractivity contribution in [2.45, 2.75) is 72.3 Å². The number of halogens is 21. The molecule has 0 fully saturated rings. The second kappa shape index (κ2) is 9.15. The molecule has 0 heterocycles. The van der Waals surface area contributed by atoms with E-state index in [-0.39, 0.29) is 0 Å². The molecular formula is C15H6F21O2-. The summed E-state index contributed by atoms with van der Waals surface area (Å²) < 4.78 is 276. The highest BCUT2D eigenvalue weighted by molar-refractivity contribution is 5.83. The Bertz CT molecular complexity index is 912. The van der Waals surface area contributed by atoms with Gasteiger partial charge in [-0.15, -0.1) is 0 Å². The van der Waals surface area contributed by atoms with Crippen LogP contribution < -0.4 is 5.11 Å². The quantitative estimate of drug-likeness (QED) is 0.189. The third kappa shape index (κ3) is 4.59. The zero-order chi connectivity index (χ0) is 31.6. The first-order chi connectivity index (χ1) is 16.1. The topological polar surface area (TPSA) is 40.1 Å². The largest absolute Gasteiger partial charge is 0.545 e. The highest BCUT2D eigenvalue weighted by Crippen LogP contribution is 2.66. The summed E-state index contributed by atoms with van der Waals surface area (Å²) in [5, 5.41) is 10.2. The lowest BCUT2D eigenvalue weighted by molar-refractivity contribution is -0.474. The Morgan fingerprint density at radius 3 is 0.947 bits per heavy atom. The molecule has 0 aromatic carbocycles. The second-order valence-corrected chi connectivity index (χ2v) is 7.19. The molecule has 0 aliphatic rings. The summed E-state index contributed by atoms with van der Waals surface area (Å²) in [5.41, 5.74) is -1.67. The lowest BCUT2D eigenvalue weighted by atomic mass is 9.85. The van der Waals surface area contributed by atoms with Gasteiger partial charge in [0.1, 0.15) is 0 Å². The SMILES string of the molecule is C=C(CCC(F)(F)C(F)(F)C(F)(F)C(F)(F)C(F)(F)C(F)(F)C(F)(F)C(F)(F)C(F)(F)C(F)(F)F)C(=O)[O-]. The molecule has 23 heteroatoms. The zero-order valence-corrected chi connectivity index (χ0v) is 16.9. The third-order valence-corrected chi connectivity index (χ3v) is 4.61. The van der Waals surface area contributed by atoms with Gasteiger partial charge in [-0.3, -0.25) is 0 Å². The van der Waals surface area contributed by atoms with Gasteiger partial charge in [-0.25, -0.2) is 0 Å². The van der Waals surface area contributed by atoms with Gasteiger partial charge in [0.15, 0.2) is 0 Å². The van der Waals surface area contributed by atoms with Gasteiger partial charge in [0.05, 0.1) is 5.97 Å². The van der Waals surface area contributed by atoms with E-state index >= 15 is 0 Å². The molecule has 0 spiro atoms. The van der Waals surface area contributed by atoms with Gasteiger partial charge in [-0.1, -0.05) is 6.58 Å². The Kier molecular flexibility index (Phi) is 8.61. The summed E-state index contributed by atoms with van der Waals surface area (Å²) in [6.45, 7) is 2.32. The molecule has 38 heavy (non-hydrogen) atoms. The minimum Gasteiger partial charge on any atom is -0.545 e. The fraction of sp³-hybridized carbons (Fsp3) is 0.800. The number of hydrogen-bond donors (Lipinski definition) is 0. The van der Waals surface area contributed by atoms with Crippen LogP contribution in [0.5, 0.6) is 0 Å². The van der Waals surface area contributed by atoms with Crippen LogP contribution in [0.15, 0.2) is 12.2 Å². The Morgan fingerprint density at radius 1 is 0.474 bits per heavy atom. The average molecular weight is 617 g/mol. The number of aliphatic carboxylic acids is 1. The van der Waals surface area contributed by atoms with Crippen molar-refractivity contribution >= 4 is 5.97 Å². The first-order valence-corrected chi connectivity index (χ1v) is 8.44. The summed E-state index contributed by atoms with van der Waals surface area (Å²) >= 11 is 0. The number of carboxylic acid groups (broad SMARTS) is 1. The molecular weight excluding hydrogens is 611 g/mol. The number of carbonyl (C=O) groups excluding carboxylic acids is 1. The number of alkyl halides is 21. The van der Waals surface area contributed by atoms with Crippen molar-refractivity contribution in [2.75, 3.05) is 0 Å². The lowest BCUT2D eigenvalue weighted by Crippen LogP contribution is -2.76. The highest BCUT2D eigenvalue weighted by Gasteiger charge is 2.97. The molecule has 0 aliphatic carbocycles. The van der Waals surface area contributed by atoms with Crippen molar-refractivity contribution in [3.8, 4) is 0 Å². The first kappa shape index (κ1) is 35.7. The predicted octanol–water partition coefficient (Wildman–Crippen LogP) is 6.35. The molecule has 0 aromatic heterocycles. The van der Waals surface area contributed by atoms with Crippen LogP contribution in [0.2, 0.25) is 0 Å². The van der Waals surface area contributed by atoms with Gasteiger partial charge in [0.25, 0.3) is 0 Å². The molecule has 0 amide bonds. The third-order valence-electron chi connectivity index (χ3n) is 4.61. The zero-order valence-electron chi connectivity index (χ0n) is 16.9. The molecule has 0 aromatic rings.